The number of carbonyl (C=O) groups is 2. The van der Waals surface area contributed by atoms with Gasteiger partial charge in [0.15, 0.2) is 0 Å². The van der Waals surface area contributed by atoms with E-state index < -0.39 is 5.41 Å². The molecule has 0 radical (unpaired) electrons. The van der Waals surface area contributed by atoms with E-state index in [9.17, 15) is 9.59 Å². The van der Waals surface area contributed by atoms with Crippen LogP contribution in [0, 0.1) is 11.3 Å². The molecule has 1 aliphatic rings. The molecule has 5 nitrogen and oxygen atoms in total. The van der Waals surface area contributed by atoms with Crippen LogP contribution < -0.4 is 10.1 Å². The van der Waals surface area contributed by atoms with E-state index in [1.165, 1.54) is 5.56 Å². The average Bonchev–Trinajstić information content (AvgIpc) is 2.65. The zero-order valence-corrected chi connectivity index (χ0v) is 17.2. The van der Waals surface area contributed by atoms with Crippen molar-refractivity contribution in [1.29, 1.82) is 0 Å². The maximum Gasteiger partial charge on any atom is 0.241 e. The summed E-state index contributed by atoms with van der Waals surface area (Å²) < 4.78 is 5.48. The predicted molar refractivity (Wildman–Crippen MR) is 108 cm³/mol. The lowest BCUT2D eigenvalue weighted by molar-refractivity contribution is -0.136. The number of benzene rings is 1. The van der Waals surface area contributed by atoms with E-state index in [0.29, 0.717) is 12.5 Å². The summed E-state index contributed by atoms with van der Waals surface area (Å²) in [6.07, 6.45) is 4.29. The van der Waals surface area contributed by atoms with Crippen LogP contribution in [0.3, 0.4) is 0 Å². The minimum absolute atomic E-state index is 0.0255. The largest absolute Gasteiger partial charge is 0.494 e. The lowest BCUT2D eigenvalue weighted by atomic mass is 9.90. The number of ether oxygens (including phenoxy) is 1. The van der Waals surface area contributed by atoms with E-state index in [0.717, 1.165) is 44.5 Å². The first-order valence-electron chi connectivity index (χ1n) is 10.1. The lowest BCUT2D eigenvalue weighted by Crippen LogP contribution is -2.46. The van der Waals surface area contributed by atoms with Gasteiger partial charge in [-0.15, -0.1) is 0 Å². The molecule has 0 saturated carbocycles. The highest BCUT2D eigenvalue weighted by Crippen LogP contribution is 2.23. The molecule has 27 heavy (non-hydrogen) atoms. The number of nitrogens with zero attached hydrogens (tertiary/aromatic N) is 1. The van der Waals surface area contributed by atoms with Crippen LogP contribution >= 0.6 is 0 Å². The number of carbonyl (C=O) groups excluding carboxylic acids is 2. The minimum atomic E-state index is -0.464. The Bertz CT molecular complexity index is 611. The maximum absolute atomic E-state index is 12.3. The number of rotatable bonds is 7. The second-order valence-electron chi connectivity index (χ2n) is 8.37. The van der Waals surface area contributed by atoms with Gasteiger partial charge in [-0.2, -0.15) is 0 Å². The second-order valence-corrected chi connectivity index (χ2v) is 8.37. The van der Waals surface area contributed by atoms with Crippen molar-refractivity contribution in [3.05, 3.63) is 29.8 Å². The fraction of sp³-hybridized carbons (Fsp3) is 0.636. The Morgan fingerprint density at radius 1 is 1.15 bits per heavy atom. The third-order valence-corrected chi connectivity index (χ3v) is 5.12. The second kappa shape index (κ2) is 9.77. The normalized spacial score (nSPS) is 15.5. The molecule has 1 aliphatic heterocycles. The monoisotopic (exact) mass is 374 g/mol. The summed E-state index contributed by atoms with van der Waals surface area (Å²) in [5.74, 6) is 1.52. The molecule has 1 fully saturated rings. The van der Waals surface area contributed by atoms with Crippen molar-refractivity contribution in [2.24, 2.45) is 11.3 Å². The Balaban J connectivity index is 1.68. The zero-order valence-electron chi connectivity index (χ0n) is 17.2. The first kappa shape index (κ1) is 21.3. The lowest BCUT2D eigenvalue weighted by Gasteiger charge is -2.32. The highest BCUT2D eigenvalue weighted by Gasteiger charge is 2.25. The van der Waals surface area contributed by atoms with E-state index in [1.807, 2.05) is 44.7 Å². The highest BCUT2D eigenvalue weighted by molar-refractivity contribution is 5.87. The van der Waals surface area contributed by atoms with Crippen LogP contribution in [0.4, 0.5) is 0 Å². The molecule has 0 aromatic heterocycles. The van der Waals surface area contributed by atoms with Gasteiger partial charge >= 0.3 is 0 Å². The van der Waals surface area contributed by atoms with Gasteiger partial charge < -0.3 is 15.0 Å². The molecule has 150 valence electrons. The minimum Gasteiger partial charge on any atom is -0.494 e. The molecule has 1 N–H and O–H groups in total. The summed E-state index contributed by atoms with van der Waals surface area (Å²) in [7, 11) is 0. The Hall–Kier alpha value is -2.04. The molecule has 2 amide bonds. The molecule has 0 unspecified atom stereocenters. The topological polar surface area (TPSA) is 58.6 Å². The van der Waals surface area contributed by atoms with Gasteiger partial charge in [-0.3, -0.25) is 9.59 Å². The van der Waals surface area contributed by atoms with E-state index in [4.69, 9.17) is 4.74 Å². The Kier molecular flexibility index (Phi) is 7.69. The highest BCUT2D eigenvalue weighted by atomic mass is 16.5. The van der Waals surface area contributed by atoms with Gasteiger partial charge in [0.1, 0.15) is 5.75 Å². The summed E-state index contributed by atoms with van der Waals surface area (Å²) >= 11 is 0. The molecule has 0 aliphatic carbocycles. The molecule has 1 saturated heterocycles. The summed E-state index contributed by atoms with van der Waals surface area (Å²) in [5.41, 5.74) is 0.871. The van der Waals surface area contributed by atoms with Crippen molar-refractivity contribution >= 4 is 11.8 Å². The standard InChI is InChI=1S/C22H34N2O3/c1-5-27-19-10-8-17(9-11-19)6-7-18-12-14-24(15-13-18)20(25)16-23-21(26)22(2,3)4/h8-11,18H,5-7,12-16H2,1-4H3,(H,23,26). The van der Waals surface area contributed by atoms with Crippen molar-refractivity contribution < 1.29 is 14.3 Å². The quantitative estimate of drug-likeness (QED) is 0.796. The SMILES string of the molecule is CCOc1ccc(CCC2CCN(C(=O)CNC(=O)C(C)(C)C)CC2)cc1. The number of hydrogen-bond donors (Lipinski definition) is 1. The molecule has 1 heterocycles. The predicted octanol–water partition coefficient (Wildman–Crippen LogP) is 3.42. The van der Waals surface area contributed by atoms with E-state index >= 15 is 0 Å². The molecule has 0 bridgehead atoms. The van der Waals surface area contributed by atoms with Crippen LogP contribution in [0.2, 0.25) is 0 Å². The molecule has 0 spiro atoms. The van der Waals surface area contributed by atoms with Crippen LogP contribution in [-0.2, 0) is 16.0 Å². The Morgan fingerprint density at radius 2 is 1.78 bits per heavy atom. The van der Waals surface area contributed by atoms with E-state index in [1.54, 1.807) is 0 Å². The van der Waals surface area contributed by atoms with Crippen LogP contribution in [0.25, 0.3) is 0 Å². The Morgan fingerprint density at radius 3 is 2.33 bits per heavy atom. The zero-order chi connectivity index (χ0) is 19.9. The van der Waals surface area contributed by atoms with Gasteiger partial charge in [-0.25, -0.2) is 0 Å². The number of aryl methyl sites for hydroxylation is 1. The molecule has 1 aromatic carbocycles. The van der Waals surface area contributed by atoms with E-state index in [2.05, 4.69) is 17.4 Å². The fourth-order valence-electron chi connectivity index (χ4n) is 3.29. The smallest absolute Gasteiger partial charge is 0.241 e. The molecular formula is C22H34N2O3. The van der Waals surface area contributed by atoms with Gasteiger partial charge in [0.05, 0.1) is 13.2 Å². The van der Waals surface area contributed by atoms with Crippen molar-refractivity contribution in [2.75, 3.05) is 26.2 Å². The molecular weight excluding hydrogens is 340 g/mol. The van der Waals surface area contributed by atoms with Gasteiger partial charge in [-0.05, 0) is 56.2 Å². The molecule has 0 atom stereocenters. The fourth-order valence-corrected chi connectivity index (χ4v) is 3.29. The number of nitrogens with one attached hydrogen (secondary N) is 1. The molecule has 5 heteroatoms. The van der Waals surface area contributed by atoms with Crippen molar-refractivity contribution in [2.45, 2.75) is 53.4 Å². The summed E-state index contributed by atoms with van der Waals surface area (Å²) in [4.78, 5) is 26.1. The number of hydrogen-bond acceptors (Lipinski definition) is 3. The van der Waals surface area contributed by atoms with Crippen LogP contribution in [-0.4, -0.2) is 43.0 Å². The van der Waals surface area contributed by atoms with E-state index in [-0.39, 0.29) is 18.4 Å². The number of piperidine rings is 1. The third-order valence-electron chi connectivity index (χ3n) is 5.12. The summed E-state index contributed by atoms with van der Waals surface area (Å²) in [6, 6.07) is 8.35. The van der Waals surface area contributed by atoms with Crippen molar-refractivity contribution in [1.82, 2.24) is 10.2 Å². The van der Waals surface area contributed by atoms with Crippen molar-refractivity contribution in [3.63, 3.8) is 0 Å². The summed E-state index contributed by atoms with van der Waals surface area (Å²) in [5, 5.41) is 2.75. The van der Waals surface area contributed by atoms with Gasteiger partial charge in [-0.1, -0.05) is 32.9 Å². The molecule has 1 aromatic rings. The van der Waals surface area contributed by atoms with Gasteiger partial charge in [0.25, 0.3) is 0 Å². The number of amides is 2. The van der Waals surface area contributed by atoms with Gasteiger partial charge in [0, 0.05) is 18.5 Å². The first-order chi connectivity index (χ1) is 12.8. The maximum atomic E-state index is 12.3. The number of likely N-dealkylation sites (tertiary alicyclic amines) is 1. The van der Waals surface area contributed by atoms with Crippen LogP contribution in [0.1, 0.15) is 52.5 Å². The first-order valence-corrected chi connectivity index (χ1v) is 10.1. The van der Waals surface area contributed by atoms with Crippen molar-refractivity contribution in [3.8, 4) is 5.75 Å². The molecule has 2 rings (SSSR count). The summed E-state index contributed by atoms with van der Waals surface area (Å²) in [6.45, 7) is 9.91. The van der Waals surface area contributed by atoms with Crippen LogP contribution in [0.15, 0.2) is 24.3 Å². The van der Waals surface area contributed by atoms with Gasteiger partial charge in [0.2, 0.25) is 11.8 Å². The Labute approximate surface area is 163 Å². The average molecular weight is 375 g/mol. The van der Waals surface area contributed by atoms with Crippen LogP contribution in [0.5, 0.6) is 5.75 Å². The third kappa shape index (κ3) is 6.89.